The van der Waals surface area contributed by atoms with E-state index in [4.69, 9.17) is 32.9 Å². The molecule has 5 rings (SSSR count). The number of aryl methyl sites for hydroxylation is 1. The smallest absolute Gasteiger partial charge is 0.267 e. The molecule has 4 nitrogen and oxygen atoms in total. The van der Waals surface area contributed by atoms with Crippen LogP contribution in [0.5, 0.6) is 5.75 Å². The first-order chi connectivity index (χ1) is 16.4. The maximum atomic E-state index is 13.9. The standard InChI is InChI=1S/C26H24Cl2N2O2S2/c1-3-32-19-9-7-18(8-10-19)30-25(31)23-20-11-4-15(2)12-22(20)34-24(23)29-26(30)33-14-16-5-6-17(27)13-21(16)28/h5-10,13,15H,3-4,11-12,14H2,1-2H3. The Labute approximate surface area is 216 Å². The number of thioether (sulfide) groups is 1. The topological polar surface area (TPSA) is 44.1 Å². The van der Waals surface area contributed by atoms with Gasteiger partial charge in [0.05, 0.1) is 17.7 Å². The molecule has 1 aliphatic carbocycles. The van der Waals surface area contributed by atoms with Gasteiger partial charge in [-0.3, -0.25) is 9.36 Å². The van der Waals surface area contributed by atoms with Crippen molar-refractivity contribution in [3.63, 3.8) is 0 Å². The number of ether oxygens (including phenoxy) is 1. The summed E-state index contributed by atoms with van der Waals surface area (Å²) < 4.78 is 7.33. The van der Waals surface area contributed by atoms with Crippen molar-refractivity contribution in [1.82, 2.24) is 9.55 Å². The summed E-state index contributed by atoms with van der Waals surface area (Å²) in [6.45, 7) is 4.82. The van der Waals surface area contributed by atoms with Crippen molar-refractivity contribution in [3.8, 4) is 11.4 Å². The highest BCUT2D eigenvalue weighted by Gasteiger charge is 2.25. The molecule has 1 unspecified atom stereocenters. The molecular weight excluding hydrogens is 507 g/mol. The van der Waals surface area contributed by atoms with Crippen LogP contribution in [-0.4, -0.2) is 16.2 Å². The fraction of sp³-hybridized carbons (Fsp3) is 0.308. The van der Waals surface area contributed by atoms with Crippen LogP contribution < -0.4 is 10.3 Å². The third-order valence-corrected chi connectivity index (χ3v) is 8.80. The highest BCUT2D eigenvalue weighted by atomic mass is 35.5. The molecule has 176 valence electrons. The summed E-state index contributed by atoms with van der Waals surface area (Å²) in [5, 5.41) is 2.63. The van der Waals surface area contributed by atoms with Crippen molar-refractivity contribution in [2.75, 3.05) is 6.61 Å². The molecule has 0 spiro atoms. The molecule has 1 atom stereocenters. The van der Waals surface area contributed by atoms with Gasteiger partial charge in [-0.2, -0.15) is 0 Å². The fourth-order valence-corrected chi connectivity index (χ4v) is 7.33. The number of rotatable bonds is 6. The van der Waals surface area contributed by atoms with Gasteiger partial charge in [0.25, 0.3) is 5.56 Å². The monoisotopic (exact) mass is 530 g/mol. The lowest BCUT2D eigenvalue weighted by Crippen LogP contribution is -2.22. The van der Waals surface area contributed by atoms with E-state index in [2.05, 4.69) is 6.92 Å². The minimum atomic E-state index is -0.00841. The normalized spacial score (nSPS) is 15.5. The molecule has 4 aromatic rings. The molecule has 0 saturated heterocycles. The molecule has 0 saturated carbocycles. The Morgan fingerprint density at radius 1 is 1.21 bits per heavy atom. The first-order valence-corrected chi connectivity index (χ1v) is 13.9. The quantitative estimate of drug-likeness (QED) is 0.190. The maximum absolute atomic E-state index is 13.9. The Bertz CT molecular complexity index is 1410. The van der Waals surface area contributed by atoms with Crippen molar-refractivity contribution in [1.29, 1.82) is 0 Å². The van der Waals surface area contributed by atoms with Gasteiger partial charge in [0, 0.05) is 20.7 Å². The zero-order valence-corrected chi connectivity index (χ0v) is 22.1. The summed E-state index contributed by atoms with van der Waals surface area (Å²) >= 11 is 15.6. The van der Waals surface area contributed by atoms with E-state index in [9.17, 15) is 4.79 Å². The highest BCUT2D eigenvalue weighted by Crippen LogP contribution is 2.37. The van der Waals surface area contributed by atoms with Crippen molar-refractivity contribution >= 4 is 56.5 Å². The summed E-state index contributed by atoms with van der Waals surface area (Å²) in [5.41, 5.74) is 2.90. The van der Waals surface area contributed by atoms with Crippen molar-refractivity contribution < 1.29 is 4.74 Å². The second-order valence-corrected chi connectivity index (χ2v) is 11.4. The van der Waals surface area contributed by atoms with Gasteiger partial charge < -0.3 is 4.74 Å². The van der Waals surface area contributed by atoms with Crippen LogP contribution in [0.3, 0.4) is 0 Å². The van der Waals surface area contributed by atoms with E-state index in [1.807, 2.05) is 43.3 Å². The Hall–Kier alpha value is -1.99. The highest BCUT2D eigenvalue weighted by molar-refractivity contribution is 7.98. The summed E-state index contributed by atoms with van der Waals surface area (Å²) in [4.78, 5) is 21.1. The van der Waals surface area contributed by atoms with E-state index in [-0.39, 0.29) is 5.56 Å². The number of benzene rings is 2. The molecule has 8 heteroatoms. The number of halogens is 2. The lowest BCUT2D eigenvalue weighted by Gasteiger charge is -2.18. The molecule has 2 heterocycles. The summed E-state index contributed by atoms with van der Waals surface area (Å²) in [6.07, 6.45) is 3.05. The van der Waals surface area contributed by atoms with Crippen LogP contribution in [0.15, 0.2) is 52.4 Å². The Morgan fingerprint density at radius 3 is 2.74 bits per heavy atom. The van der Waals surface area contributed by atoms with Crippen LogP contribution in [0.4, 0.5) is 0 Å². The van der Waals surface area contributed by atoms with Crippen LogP contribution in [0.2, 0.25) is 10.0 Å². The molecule has 0 bridgehead atoms. The predicted molar refractivity (Wildman–Crippen MR) is 144 cm³/mol. The van der Waals surface area contributed by atoms with Crippen LogP contribution in [-0.2, 0) is 18.6 Å². The van der Waals surface area contributed by atoms with Gasteiger partial charge in [0.2, 0.25) is 0 Å². The van der Waals surface area contributed by atoms with E-state index in [1.165, 1.54) is 22.2 Å². The van der Waals surface area contributed by atoms with Crippen molar-refractivity contribution in [2.24, 2.45) is 5.92 Å². The predicted octanol–water partition coefficient (Wildman–Crippen LogP) is 7.57. The number of hydrogen-bond acceptors (Lipinski definition) is 5. The molecule has 0 aliphatic heterocycles. The van der Waals surface area contributed by atoms with Gasteiger partial charge in [-0.1, -0.05) is 48.0 Å². The fourth-order valence-electron chi connectivity index (χ4n) is 4.33. The molecule has 0 amide bonds. The molecule has 1 aliphatic rings. The van der Waals surface area contributed by atoms with Crippen molar-refractivity contribution in [3.05, 3.63) is 78.9 Å². The summed E-state index contributed by atoms with van der Waals surface area (Å²) in [5.74, 6) is 1.99. The zero-order chi connectivity index (χ0) is 23.8. The minimum Gasteiger partial charge on any atom is -0.494 e. The van der Waals surface area contributed by atoms with Gasteiger partial charge in [-0.25, -0.2) is 4.98 Å². The average molecular weight is 532 g/mol. The number of hydrogen-bond donors (Lipinski definition) is 0. The van der Waals surface area contributed by atoms with Gasteiger partial charge in [0.1, 0.15) is 10.6 Å². The Kier molecular flexibility index (Phi) is 6.94. The van der Waals surface area contributed by atoms with Gasteiger partial charge in [0.15, 0.2) is 5.16 Å². The second kappa shape index (κ2) is 9.94. The van der Waals surface area contributed by atoms with E-state index >= 15 is 0 Å². The van der Waals surface area contributed by atoms with Gasteiger partial charge in [-0.15, -0.1) is 11.3 Å². The first kappa shape index (κ1) is 23.7. The van der Waals surface area contributed by atoms with Crippen LogP contribution >= 0.6 is 46.3 Å². The third-order valence-electron chi connectivity index (χ3n) is 6.08. The molecule has 34 heavy (non-hydrogen) atoms. The summed E-state index contributed by atoms with van der Waals surface area (Å²) in [7, 11) is 0. The first-order valence-electron chi connectivity index (χ1n) is 11.3. The SMILES string of the molecule is CCOc1ccc(-n2c(SCc3ccc(Cl)cc3Cl)nc3sc4c(c3c2=O)CCC(C)C4)cc1. The molecule has 2 aromatic heterocycles. The lowest BCUT2D eigenvalue weighted by atomic mass is 9.89. The molecular formula is C26H24Cl2N2O2S2. The zero-order valence-electron chi connectivity index (χ0n) is 18.9. The average Bonchev–Trinajstić information content (AvgIpc) is 3.17. The molecule has 2 aromatic carbocycles. The summed E-state index contributed by atoms with van der Waals surface area (Å²) in [6, 6.07) is 13.1. The third kappa shape index (κ3) is 4.61. The maximum Gasteiger partial charge on any atom is 0.267 e. The minimum absolute atomic E-state index is 0.00841. The second-order valence-electron chi connectivity index (χ2n) is 8.52. The van der Waals surface area contributed by atoms with Gasteiger partial charge >= 0.3 is 0 Å². The Morgan fingerprint density at radius 2 is 2.00 bits per heavy atom. The van der Waals surface area contributed by atoms with Crippen LogP contribution in [0.25, 0.3) is 15.9 Å². The van der Waals surface area contributed by atoms with E-state index in [0.717, 1.165) is 46.5 Å². The van der Waals surface area contributed by atoms with E-state index in [0.29, 0.717) is 33.5 Å². The van der Waals surface area contributed by atoms with E-state index < -0.39 is 0 Å². The number of fused-ring (bicyclic) bond motifs is 3. The number of nitrogens with zero attached hydrogens (tertiary/aromatic N) is 2. The van der Waals surface area contributed by atoms with Gasteiger partial charge in [-0.05, 0) is 79.6 Å². The molecule has 0 fully saturated rings. The van der Waals surface area contributed by atoms with Crippen LogP contribution in [0.1, 0.15) is 36.3 Å². The number of aromatic nitrogens is 2. The van der Waals surface area contributed by atoms with E-state index in [1.54, 1.807) is 22.0 Å². The largest absolute Gasteiger partial charge is 0.494 e. The molecule has 0 radical (unpaired) electrons. The van der Waals surface area contributed by atoms with Crippen LogP contribution in [0, 0.1) is 5.92 Å². The number of thiophene rings is 1. The molecule has 0 N–H and O–H groups in total. The van der Waals surface area contributed by atoms with Crippen molar-refractivity contribution in [2.45, 2.75) is 44.0 Å². The lowest BCUT2D eigenvalue weighted by molar-refractivity contribution is 0.340. The Balaban J connectivity index is 1.62.